The first-order valence-corrected chi connectivity index (χ1v) is 6.87. The summed E-state index contributed by atoms with van der Waals surface area (Å²) in [7, 11) is 1.62. The molecule has 4 heteroatoms. The second kappa shape index (κ2) is 6.50. The Hall–Kier alpha value is -2.20. The number of methoxy groups -OCH3 is 1. The number of benzene rings is 1. The Balaban J connectivity index is 2.21. The zero-order chi connectivity index (χ0) is 15.4. The van der Waals surface area contributed by atoms with Gasteiger partial charge < -0.3 is 10.5 Å². The van der Waals surface area contributed by atoms with Crippen molar-refractivity contribution in [1.29, 1.82) is 0 Å². The predicted octanol–water partition coefficient (Wildman–Crippen LogP) is 2.52. The lowest BCUT2D eigenvalue weighted by atomic mass is 9.98. The number of rotatable bonds is 5. The van der Waals surface area contributed by atoms with Crippen molar-refractivity contribution in [3.63, 3.8) is 0 Å². The number of aromatic nitrogens is 1. The number of ether oxygens (including phenoxy) is 1. The van der Waals surface area contributed by atoms with Gasteiger partial charge in [-0.05, 0) is 19.4 Å². The van der Waals surface area contributed by atoms with Gasteiger partial charge in [-0.1, -0.05) is 30.3 Å². The molecule has 0 radical (unpaired) electrons. The maximum atomic E-state index is 12.3. The van der Waals surface area contributed by atoms with Crippen LogP contribution >= 0.6 is 0 Å². The van der Waals surface area contributed by atoms with Gasteiger partial charge in [0.25, 0.3) is 0 Å². The van der Waals surface area contributed by atoms with Crippen LogP contribution in [0.5, 0.6) is 5.75 Å². The van der Waals surface area contributed by atoms with Gasteiger partial charge in [-0.2, -0.15) is 0 Å². The first-order chi connectivity index (χ1) is 10.0. The molecule has 0 aliphatic heterocycles. The van der Waals surface area contributed by atoms with Crippen LogP contribution in [0.2, 0.25) is 0 Å². The zero-order valence-electron chi connectivity index (χ0n) is 12.6. The highest BCUT2D eigenvalue weighted by atomic mass is 16.5. The van der Waals surface area contributed by atoms with E-state index in [0.717, 1.165) is 22.4 Å². The van der Waals surface area contributed by atoms with Gasteiger partial charge in [0.15, 0.2) is 5.78 Å². The molecule has 0 aliphatic carbocycles. The highest BCUT2D eigenvalue weighted by molar-refractivity contribution is 5.87. The number of nitrogens with zero attached hydrogens (tertiary/aromatic N) is 1. The van der Waals surface area contributed by atoms with E-state index in [9.17, 15) is 4.79 Å². The molecule has 0 amide bonds. The smallest absolute Gasteiger partial charge is 0.159 e. The Morgan fingerprint density at radius 3 is 2.57 bits per heavy atom. The molecule has 4 nitrogen and oxygen atoms in total. The van der Waals surface area contributed by atoms with Gasteiger partial charge in [-0.3, -0.25) is 9.78 Å². The first-order valence-electron chi connectivity index (χ1n) is 6.87. The summed E-state index contributed by atoms with van der Waals surface area (Å²) in [5.74, 6) is 0.726. The maximum absolute atomic E-state index is 12.3. The minimum atomic E-state index is -0.625. The van der Waals surface area contributed by atoms with E-state index < -0.39 is 6.04 Å². The average Bonchev–Trinajstić information content (AvgIpc) is 2.50. The van der Waals surface area contributed by atoms with Gasteiger partial charge in [0.1, 0.15) is 5.75 Å². The second-order valence-electron chi connectivity index (χ2n) is 5.08. The Morgan fingerprint density at radius 1 is 1.29 bits per heavy atom. The van der Waals surface area contributed by atoms with Crippen LogP contribution in [0.1, 0.15) is 28.4 Å². The molecule has 0 fully saturated rings. The van der Waals surface area contributed by atoms with E-state index in [4.69, 9.17) is 10.5 Å². The minimum absolute atomic E-state index is 0.0530. The van der Waals surface area contributed by atoms with Crippen molar-refractivity contribution in [2.75, 3.05) is 7.11 Å². The Morgan fingerprint density at radius 2 is 1.95 bits per heavy atom. The fourth-order valence-corrected chi connectivity index (χ4v) is 2.37. The topological polar surface area (TPSA) is 65.2 Å². The van der Waals surface area contributed by atoms with E-state index in [1.165, 1.54) is 0 Å². The molecule has 0 saturated heterocycles. The number of hydrogen-bond donors (Lipinski definition) is 1. The molecule has 110 valence electrons. The van der Waals surface area contributed by atoms with Crippen molar-refractivity contribution < 1.29 is 9.53 Å². The van der Waals surface area contributed by atoms with Crippen molar-refractivity contribution in [2.24, 2.45) is 5.73 Å². The van der Waals surface area contributed by atoms with Gasteiger partial charge in [-0.25, -0.2) is 0 Å². The Bertz CT molecular complexity index is 639. The normalized spacial score (nSPS) is 12.0. The monoisotopic (exact) mass is 284 g/mol. The molecule has 1 atom stereocenters. The summed E-state index contributed by atoms with van der Waals surface area (Å²) >= 11 is 0. The number of aryl methyl sites for hydroxylation is 1. The molecule has 2 rings (SSSR count). The van der Waals surface area contributed by atoms with E-state index in [2.05, 4.69) is 4.98 Å². The first kappa shape index (κ1) is 15.2. The van der Waals surface area contributed by atoms with Crippen molar-refractivity contribution in [2.45, 2.75) is 26.3 Å². The van der Waals surface area contributed by atoms with Crippen LogP contribution < -0.4 is 10.5 Å². The fourth-order valence-electron chi connectivity index (χ4n) is 2.37. The lowest BCUT2D eigenvalue weighted by molar-refractivity contribution is -0.119. The third-order valence-electron chi connectivity index (χ3n) is 3.60. The van der Waals surface area contributed by atoms with Crippen molar-refractivity contribution in [3.8, 4) is 5.75 Å². The molecule has 0 unspecified atom stereocenters. The highest BCUT2D eigenvalue weighted by Crippen LogP contribution is 2.25. The molecule has 1 aromatic heterocycles. The third-order valence-corrected chi connectivity index (χ3v) is 3.60. The van der Waals surface area contributed by atoms with E-state index >= 15 is 0 Å². The van der Waals surface area contributed by atoms with Gasteiger partial charge >= 0.3 is 0 Å². The van der Waals surface area contributed by atoms with Crippen molar-refractivity contribution in [1.82, 2.24) is 4.98 Å². The number of carbonyl (C=O) groups excluding carboxylic acids is 1. The highest BCUT2D eigenvalue weighted by Gasteiger charge is 2.19. The Kier molecular flexibility index (Phi) is 4.70. The molecule has 2 aromatic rings. The van der Waals surface area contributed by atoms with Gasteiger partial charge in [0.2, 0.25) is 0 Å². The van der Waals surface area contributed by atoms with Crippen LogP contribution in [-0.2, 0) is 11.2 Å². The largest absolute Gasteiger partial charge is 0.496 e. The van der Waals surface area contributed by atoms with E-state index in [1.807, 2.05) is 44.2 Å². The molecule has 1 aromatic carbocycles. The summed E-state index contributed by atoms with van der Waals surface area (Å²) in [5, 5.41) is 0. The summed E-state index contributed by atoms with van der Waals surface area (Å²) in [6, 6.07) is 8.75. The van der Waals surface area contributed by atoms with Gasteiger partial charge in [0.05, 0.1) is 25.3 Å². The van der Waals surface area contributed by atoms with Gasteiger partial charge in [0, 0.05) is 17.3 Å². The predicted molar refractivity (Wildman–Crippen MR) is 82.3 cm³/mol. The molecular weight excluding hydrogens is 264 g/mol. The molecular formula is C17H20N2O2. The van der Waals surface area contributed by atoms with E-state index in [0.29, 0.717) is 5.69 Å². The summed E-state index contributed by atoms with van der Waals surface area (Å²) in [6.07, 6.45) is 1.93. The van der Waals surface area contributed by atoms with Crippen LogP contribution in [0, 0.1) is 13.8 Å². The second-order valence-corrected chi connectivity index (χ2v) is 5.08. The van der Waals surface area contributed by atoms with Crippen molar-refractivity contribution >= 4 is 5.78 Å². The number of Topliss-reactive ketones (excluding diaryl/α,β-unsaturated/α-hetero) is 1. The summed E-state index contributed by atoms with van der Waals surface area (Å²) < 4.78 is 5.36. The number of hydrogen-bond acceptors (Lipinski definition) is 4. The molecule has 0 bridgehead atoms. The molecule has 21 heavy (non-hydrogen) atoms. The quantitative estimate of drug-likeness (QED) is 0.916. The molecule has 2 N–H and O–H groups in total. The van der Waals surface area contributed by atoms with Crippen molar-refractivity contribution in [3.05, 3.63) is 58.9 Å². The standard InChI is InChI=1S/C17H20N2O2/c1-11-10-19-14(12(2)17(11)21-3)9-15(20)16(18)13-7-5-4-6-8-13/h4-8,10,16H,9,18H2,1-3H3/t16-/m1/s1. The summed E-state index contributed by atoms with van der Waals surface area (Å²) in [6.45, 7) is 3.84. The molecule has 0 aliphatic rings. The molecule has 1 heterocycles. The molecule has 0 spiro atoms. The zero-order valence-corrected chi connectivity index (χ0v) is 12.6. The summed E-state index contributed by atoms with van der Waals surface area (Å²) in [4.78, 5) is 16.7. The van der Waals surface area contributed by atoms with Crippen LogP contribution in [0.3, 0.4) is 0 Å². The van der Waals surface area contributed by atoms with Crippen LogP contribution in [0.25, 0.3) is 0 Å². The number of ketones is 1. The lowest BCUT2D eigenvalue weighted by Gasteiger charge is -2.14. The average molecular weight is 284 g/mol. The maximum Gasteiger partial charge on any atom is 0.159 e. The van der Waals surface area contributed by atoms with Crippen LogP contribution in [0.15, 0.2) is 36.5 Å². The number of carbonyl (C=O) groups is 1. The van der Waals surface area contributed by atoms with E-state index in [-0.39, 0.29) is 12.2 Å². The lowest BCUT2D eigenvalue weighted by Crippen LogP contribution is -2.23. The number of pyridine rings is 1. The minimum Gasteiger partial charge on any atom is -0.496 e. The summed E-state index contributed by atoms with van der Waals surface area (Å²) in [5.41, 5.74) is 9.42. The fraction of sp³-hybridized carbons (Fsp3) is 0.294. The SMILES string of the molecule is COc1c(C)cnc(CC(=O)[C@H](N)c2ccccc2)c1C. The Labute approximate surface area is 125 Å². The third kappa shape index (κ3) is 3.28. The molecule has 0 saturated carbocycles. The van der Waals surface area contributed by atoms with E-state index in [1.54, 1.807) is 13.3 Å². The van der Waals surface area contributed by atoms with Crippen LogP contribution in [0.4, 0.5) is 0 Å². The number of nitrogens with two attached hydrogens (primary N) is 1. The van der Waals surface area contributed by atoms with Gasteiger partial charge in [-0.15, -0.1) is 0 Å². The van der Waals surface area contributed by atoms with Crippen LogP contribution in [-0.4, -0.2) is 17.9 Å².